The molecule has 7 heteroatoms. The molecule has 0 bridgehead atoms. The van der Waals surface area contributed by atoms with Crippen LogP contribution in [0, 0.1) is 6.92 Å². The van der Waals surface area contributed by atoms with Crippen molar-refractivity contribution >= 4 is 35.3 Å². The zero-order valence-corrected chi connectivity index (χ0v) is 17.9. The number of carbonyl (C=O) groups excluding carboxylic acids is 1. The van der Waals surface area contributed by atoms with E-state index in [0.29, 0.717) is 16.4 Å². The number of carbonyl (C=O) groups is 1. The molecular formula is C21H25ClN2O3S. The van der Waals surface area contributed by atoms with E-state index in [1.807, 2.05) is 0 Å². The van der Waals surface area contributed by atoms with Gasteiger partial charge in [-0.25, -0.2) is 4.79 Å². The van der Waals surface area contributed by atoms with E-state index < -0.39 is 5.60 Å². The molecule has 0 saturated heterocycles. The predicted octanol–water partition coefficient (Wildman–Crippen LogP) is 5.28. The first-order valence-electron chi connectivity index (χ1n) is 9.67. The summed E-state index contributed by atoms with van der Waals surface area (Å²) in [6.45, 7) is 5.22. The maximum absolute atomic E-state index is 12.6. The quantitative estimate of drug-likeness (QED) is 0.588. The monoisotopic (exact) mass is 420 g/mol. The number of rotatable bonds is 4. The first-order chi connectivity index (χ1) is 13.3. The van der Waals surface area contributed by atoms with Crippen LogP contribution >= 0.6 is 23.5 Å². The van der Waals surface area contributed by atoms with Gasteiger partial charge in [0.05, 0.1) is 5.60 Å². The van der Waals surface area contributed by atoms with Crippen molar-refractivity contribution in [1.29, 1.82) is 0 Å². The Morgan fingerprint density at radius 2 is 1.71 bits per heavy atom. The maximum atomic E-state index is 12.6. The SMILES string of the molecule is Cc1oc(SNC(=O)Nc2c3c(c(Cl)c4c2CCC4)CCC3)cc1C(C)(C)O. The van der Waals surface area contributed by atoms with Crippen molar-refractivity contribution in [2.75, 3.05) is 5.32 Å². The van der Waals surface area contributed by atoms with Gasteiger partial charge in [-0.05, 0) is 87.6 Å². The first kappa shape index (κ1) is 19.7. The fourth-order valence-electron chi connectivity index (χ4n) is 4.39. The average molecular weight is 421 g/mol. The van der Waals surface area contributed by atoms with E-state index in [4.69, 9.17) is 16.0 Å². The molecule has 28 heavy (non-hydrogen) atoms. The number of hydrogen-bond acceptors (Lipinski definition) is 4. The Morgan fingerprint density at radius 1 is 1.14 bits per heavy atom. The number of urea groups is 1. The number of hydrogen-bond donors (Lipinski definition) is 3. The number of nitrogens with one attached hydrogen (secondary N) is 2. The number of halogens is 1. The summed E-state index contributed by atoms with van der Waals surface area (Å²) < 4.78 is 8.44. The standard InChI is InChI=1S/C21H25ClN2O3S/c1-11-16(21(2,3)26)10-17(27-11)28-24-20(25)23-19-14-8-4-6-12(14)18(22)13-7-5-9-15(13)19/h10,26H,4-9H2,1-3H3,(H2,23,24,25). The highest BCUT2D eigenvalue weighted by atomic mass is 35.5. The lowest BCUT2D eigenvalue weighted by Gasteiger charge is -2.18. The van der Waals surface area contributed by atoms with Gasteiger partial charge in [-0.1, -0.05) is 11.6 Å². The molecule has 2 aliphatic rings. The summed E-state index contributed by atoms with van der Waals surface area (Å²) in [6, 6.07) is 1.48. The largest absolute Gasteiger partial charge is 0.453 e. The normalized spacial score (nSPS) is 15.5. The highest BCUT2D eigenvalue weighted by Gasteiger charge is 2.29. The first-order valence-corrected chi connectivity index (χ1v) is 10.9. The lowest BCUT2D eigenvalue weighted by molar-refractivity contribution is 0.0769. The van der Waals surface area contributed by atoms with Crippen molar-refractivity contribution in [2.45, 2.75) is 70.0 Å². The van der Waals surface area contributed by atoms with Gasteiger partial charge < -0.3 is 14.8 Å². The van der Waals surface area contributed by atoms with Crippen LogP contribution in [0.4, 0.5) is 10.5 Å². The van der Waals surface area contributed by atoms with E-state index >= 15 is 0 Å². The van der Waals surface area contributed by atoms with Crippen molar-refractivity contribution < 1.29 is 14.3 Å². The number of anilines is 1. The fourth-order valence-corrected chi connectivity index (χ4v) is 5.39. The van der Waals surface area contributed by atoms with E-state index in [-0.39, 0.29) is 6.03 Å². The molecule has 4 rings (SSSR count). The van der Waals surface area contributed by atoms with Crippen molar-refractivity contribution in [3.8, 4) is 0 Å². The molecule has 2 amide bonds. The molecule has 0 atom stereocenters. The third-order valence-electron chi connectivity index (χ3n) is 5.61. The summed E-state index contributed by atoms with van der Waals surface area (Å²) in [5, 5.41) is 14.7. The van der Waals surface area contributed by atoms with E-state index in [1.165, 1.54) is 22.3 Å². The lowest BCUT2D eigenvalue weighted by atomic mass is 9.98. The highest BCUT2D eigenvalue weighted by molar-refractivity contribution is 7.97. The van der Waals surface area contributed by atoms with Crippen LogP contribution in [0.5, 0.6) is 0 Å². The third-order valence-corrected chi connectivity index (χ3v) is 6.75. The van der Waals surface area contributed by atoms with Crippen molar-refractivity contribution in [3.63, 3.8) is 0 Å². The number of aliphatic hydroxyl groups is 1. The molecule has 5 nitrogen and oxygen atoms in total. The van der Waals surface area contributed by atoms with E-state index in [2.05, 4.69) is 10.0 Å². The predicted molar refractivity (Wildman–Crippen MR) is 112 cm³/mol. The Balaban J connectivity index is 1.50. The van der Waals surface area contributed by atoms with E-state index in [1.54, 1.807) is 26.8 Å². The molecule has 150 valence electrons. The van der Waals surface area contributed by atoms with Crippen molar-refractivity contribution in [1.82, 2.24) is 4.72 Å². The minimum atomic E-state index is -0.987. The molecule has 1 aromatic carbocycles. The van der Waals surface area contributed by atoms with Gasteiger partial charge >= 0.3 is 6.03 Å². The molecule has 0 saturated carbocycles. The van der Waals surface area contributed by atoms with E-state index in [9.17, 15) is 9.90 Å². The fraction of sp³-hybridized carbons (Fsp3) is 0.476. The van der Waals surface area contributed by atoms with Crippen molar-refractivity contribution in [3.05, 3.63) is 44.7 Å². The number of benzene rings is 1. The molecular weight excluding hydrogens is 396 g/mol. The Morgan fingerprint density at radius 3 is 2.25 bits per heavy atom. The van der Waals surface area contributed by atoms with Gasteiger partial charge in [0.15, 0.2) is 5.09 Å². The van der Waals surface area contributed by atoms with Gasteiger partial charge in [0.2, 0.25) is 0 Å². The van der Waals surface area contributed by atoms with Gasteiger partial charge in [0.25, 0.3) is 0 Å². The number of aryl methyl sites for hydroxylation is 1. The topological polar surface area (TPSA) is 74.5 Å². The summed E-state index contributed by atoms with van der Waals surface area (Å²) in [6.07, 6.45) is 6.04. The van der Waals surface area contributed by atoms with Crippen LogP contribution in [0.3, 0.4) is 0 Å². The maximum Gasteiger partial charge on any atom is 0.329 e. The molecule has 0 aliphatic heterocycles. The second-order valence-electron chi connectivity index (χ2n) is 8.06. The molecule has 1 aromatic heterocycles. The average Bonchev–Trinajstić information content (AvgIpc) is 3.34. The van der Waals surface area contributed by atoms with Crippen LogP contribution in [-0.4, -0.2) is 11.1 Å². The Labute approximate surface area is 174 Å². The molecule has 0 fully saturated rings. The Hall–Kier alpha value is -1.63. The molecule has 1 heterocycles. The number of fused-ring (bicyclic) bond motifs is 2. The number of amides is 2. The minimum Gasteiger partial charge on any atom is -0.453 e. The summed E-state index contributed by atoms with van der Waals surface area (Å²) in [5.41, 5.74) is 5.50. The van der Waals surface area contributed by atoms with Gasteiger partial charge in [-0.2, -0.15) is 0 Å². The van der Waals surface area contributed by atoms with Crippen molar-refractivity contribution in [2.24, 2.45) is 0 Å². The second-order valence-corrected chi connectivity index (χ2v) is 9.25. The third kappa shape index (κ3) is 3.53. The van der Waals surface area contributed by atoms with Crippen LogP contribution in [0.25, 0.3) is 0 Å². The Kier molecular flexibility index (Phi) is 5.14. The molecule has 3 N–H and O–H groups in total. The molecule has 2 aliphatic carbocycles. The summed E-state index contributed by atoms with van der Waals surface area (Å²) in [7, 11) is 0. The van der Waals surface area contributed by atoms with Crippen LogP contribution in [-0.2, 0) is 31.3 Å². The highest BCUT2D eigenvalue weighted by Crippen LogP contribution is 2.44. The lowest BCUT2D eigenvalue weighted by Crippen LogP contribution is -2.24. The minimum absolute atomic E-state index is 0.283. The van der Waals surface area contributed by atoms with Gasteiger partial charge in [-0.3, -0.25) is 4.72 Å². The second kappa shape index (κ2) is 7.32. The van der Waals surface area contributed by atoms with Gasteiger partial charge in [0.1, 0.15) is 5.76 Å². The van der Waals surface area contributed by atoms with Crippen LogP contribution in [0.2, 0.25) is 5.02 Å². The molecule has 0 unspecified atom stereocenters. The zero-order valence-electron chi connectivity index (χ0n) is 16.4. The smallest absolute Gasteiger partial charge is 0.329 e. The molecule has 0 radical (unpaired) electrons. The number of furan rings is 1. The summed E-state index contributed by atoms with van der Waals surface area (Å²) >= 11 is 7.74. The molecule has 0 spiro atoms. The van der Waals surface area contributed by atoms with Crippen LogP contribution < -0.4 is 10.0 Å². The van der Waals surface area contributed by atoms with E-state index in [0.717, 1.165) is 61.2 Å². The Bertz CT molecular complexity index is 911. The summed E-state index contributed by atoms with van der Waals surface area (Å²) in [4.78, 5) is 12.6. The zero-order chi connectivity index (χ0) is 20.1. The van der Waals surface area contributed by atoms with Gasteiger partial charge in [0, 0.05) is 28.2 Å². The van der Waals surface area contributed by atoms with Crippen LogP contribution in [0.15, 0.2) is 15.6 Å². The van der Waals surface area contributed by atoms with Gasteiger partial charge in [-0.15, -0.1) is 0 Å². The summed E-state index contributed by atoms with van der Waals surface area (Å²) in [5.74, 6) is 0.644. The molecule has 2 aromatic rings. The van der Waals surface area contributed by atoms with Crippen LogP contribution in [0.1, 0.15) is 60.3 Å².